The maximum atomic E-state index is 11.9. The highest BCUT2D eigenvalue weighted by Crippen LogP contribution is 2.34. The summed E-state index contributed by atoms with van der Waals surface area (Å²) in [4.78, 5) is 15.7. The maximum absolute atomic E-state index is 11.9. The van der Waals surface area contributed by atoms with Gasteiger partial charge in [-0.3, -0.25) is 4.90 Å². The largest absolute Gasteiger partial charge is 0.465 e. The summed E-state index contributed by atoms with van der Waals surface area (Å²) in [5.74, 6) is 0. The predicted molar refractivity (Wildman–Crippen MR) is 103 cm³/mol. The van der Waals surface area contributed by atoms with Crippen molar-refractivity contribution >= 4 is 23.4 Å². The van der Waals surface area contributed by atoms with Crippen LogP contribution in [-0.4, -0.2) is 42.3 Å². The van der Waals surface area contributed by atoms with E-state index in [-0.39, 0.29) is 0 Å². The molecule has 0 saturated carbocycles. The van der Waals surface area contributed by atoms with Crippen LogP contribution in [0.2, 0.25) is 5.02 Å². The van der Waals surface area contributed by atoms with Gasteiger partial charge in [0, 0.05) is 23.2 Å². The van der Waals surface area contributed by atoms with Crippen molar-refractivity contribution in [2.24, 2.45) is 0 Å². The lowest BCUT2D eigenvalue weighted by Crippen LogP contribution is -2.35. The normalized spacial score (nSPS) is 17.6. The van der Waals surface area contributed by atoms with Crippen molar-refractivity contribution in [1.82, 2.24) is 4.90 Å². The third-order valence-electron chi connectivity index (χ3n) is 4.92. The van der Waals surface area contributed by atoms with E-state index in [1.54, 1.807) is 12.1 Å². The van der Waals surface area contributed by atoms with Crippen LogP contribution < -0.4 is 4.90 Å². The Morgan fingerprint density at radius 1 is 1.28 bits per heavy atom. The van der Waals surface area contributed by atoms with Crippen molar-refractivity contribution in [2.45, 2.75) is 25.3 Å². The monoisotopic (exact) mass is 358 g/mol. The Bertz CT molecular complexity index is 736. The van der Waals surface area contributed by atoms with Crippen molar-refractivity contribution < 1.29 is 9.90 Å². The Kier molecular flexibility index (Phi) is 5.61. The van der Waals surface area contributed by atoms with Gasteiger partial charge in [-0.1, -0.05) is 41.9 Å². The molecule has 1 saturated heterocycles. The number of carbonyl (C=O) groups is 1. The first-order valence-corrected chi connectivity index (χ1v) is 8.99. The average molecular weight is 359 g/mol. The van der Waals surface area contributed by atoms with Crippen LogP contribution in [0.5, 0.6) is 0 Å². The van der Waals surface area contributed by atoms with Gasteiger partial charge in [-0.25, -0.2) is 4.79 Å². The Labute approximate surface area is 153 Å². The average Bonchev–Trinajstić information content (AvgIpc) is 3.02. The summed E-state index contributed by atoms with van der Waals surface area (Å²) < 4.78 is 0. The molecule has 5 heteroatoms. The molecule has 1 N–H and O–H groups in total. The zero-order valence-corrected chi connectivity index (χ0v) is 15.1. The van der Waals surface area contributed by atoms with Crippen molar-refractivity contribution in [3.8, 4) is 11.1 Å². The van der Waals surface area contributed by atoms with E-state index in [0.717, 1.165) is 30.5 Å². The van der Waals surface area contributed by atoms with E-state index in [0.29, 0.717) is 23.3 Å². The first kappa shape index (κ1) is 17.8. The molecule has 1 atom stereocenters. The molecular weight excluding hydrogens is 336 g/mol. The summed E-state index contributed by atoms with van der Waals surface area (Å²) in [7, 11) is 2.11. The maximum Gasteiger partial charge on any atom is 0.411 e. The van der Waals surface area contributed by atoms with E-state index in [9.17, 15) is 9.90 Å². The number of hydrogen-bond acceptors (Lipinski definition) is 2. The number of hydrogen-bond donors (Lipinski definition) is 1. The van der Waals surface area contributed by atoms with E-state index < -0.39 is 6.09 Å². The number of benzene rings is 2. The Balaban J connectivity index is 1.90. The van der Waals surface area contributed by atoms with Crippen molar-refractivity contribution in [3.63, 3.8) is 0 Å². The van der Waals surface area contributed by atoms with Gasteiger partial charge in [0.2, 0.25) is 0 Å². The van der Waals surface area contributed by atoms with Crippen LogP contribution in [0.1, 0.15) is 19.3 Å². The van der Waals surface area contributed by atoms with Crippen LogP contribution in [0.3, 0.4) is 0 Å². The third-order valence-corrected chi connectivity index (χ3v) is 5.16. The zero-order chi connectivity index (χ0) is 17.8. The van der Waals surface area contributed by atoms with Crippen LogP contribution in [0, 0.1) is 0 Å². The highest BCUT2D eigenvalue weighted by molar-refractivity contribution is 6.31. The minimum absolute atomic E-state index is 0.453. The molecule has 4 nitrogen and oxygen atoms in total. The van der Waals surface area contributed by atoms with Crippen molar-refractivity contribution in [3.05, 3.63) is 53.6 Å². The lowest BCUT2D eigenvalue weighted by atomic mass is 10.0. The van der Waals surface area contributed by atoms with Gasteiger partial charge < -0.3 is 10.0 Å². The van der Waals surface area contributed by atoms with Crippen LogP contribution in [-0.2, 0) is 0 Å². The molecule has 0 radical (unpaired) electrons. The number of likely N-dealkylation sites (tertiary alicyclic amines) is 1. The summed E-state index contributed by atoms with van der Waals surface area (Å²) in [6, 6.07) is 15.6. The molecule has 1 fully saturated rings. The number of amides is 1. The SMILES string of the molecule is CN1CCCC1CCN(C(=O)O)c1ccc(Cl)cc1-c1ccccc1. The molecule has 0 aromatic heterocycles. The molecule has 25 heavy (non-hydrogen) atoms. The second kappa shape index (κ2) is 7.89. The van der Waals surface area contributed by atoms with Gasteiger partial charge in [0.05, 0.1) is 5.69 Å². The number of rotatable bonds is 5. The van der Waals surface area contributed by atoms with E-state index >= 15 is 0 Å². The molecule has 1 amide bonds. The fourth-order valence-electron chi connectivity index (χ4n) is 3.53. The van der Waals surface area contributed by atoms with Crippen molar-refractivity contribution in [1.29, 1.82) is 0 Å². The molecule has 1 aliphatic heterocycles. The summed E-state index contributed by atoms with van der Waals surface area (Å²) in [6.07, 6.45) is 2.22. The van der Waals surface area contributed by atoms with E-state index in [4.69, 9.17) is 11.6 Å². The standard InChI is InChI=1S/C20H23ClN2O2/c1-22-12-5-8-17(22)11-13-23(20(24)25)19-10-9-16(21)14-18(19)15-6-3-2-4-7-15/h2-4,6-7,9-10,14,17H,5,8,11-13H2,1H3,(H,24,25). The van der Waals surface area contributed by atoms with Gasteiger partial charge in [0.15, 0.2) is 0 Å². The smallest absolute Gasteiger partial charge is 0.411 e. The topological polar surface area (TPSA) is 43.8 Å². The van der Waals surface area contributed by atoms with E-state index in [1.807, 2.05) is 36.4 Å². The Morgan fingerprint density at radius 2 is 2.04 bits per heavy atom. The minimum Gasteiger partial charge on any atom is -0.465 e. The Hall–Kier alpha value is -2.04. The molecule has 3 rings (SSSR count). The van der Waals surface area contributed by atoms with Crippen LogP contribution in [0.15, 0.2) is 48.5 Å². The summed E-state index contributed by atoms with van der Waals surface area (Å²) in [6.45, 7) is 1.57. The van der Waals surface area contributed by atoms with Crippen LogP contribution in [0.4, 0.5) is 10.5 Å². The zero-order valence-electron chi connectivity index (χ0n) is 14.4. The molecule has 0 spiro atoms. The van der Waals surface area contributed by atoms with Gasteiger partial charge >= 0.3 is 6.09 Å². The first-order valence-electron chi connectivity index (χ1n) is 8.62. The highest BCUT2D eigenvalue weighted by Gasteiger charge is 2.24. The fourth-order valence-corrected chi connectivity index (χ4v) is 3.71. The molecule has 132 valence electrons. The second-order valence-corrected chi connectivity index (χ2v) is 6.96. The van der Waals surface area contributed by atoms with Crippen molar-refractivity contribution in [2.75, 3.05) is 25.0 Å². The number of nitrogens with zero attached hydrogens (tertiary/aromatic N) is 2. The molecule has 2 aromatic carbocycles. The molecule has 1 heterocycles. The number of carboxylic acid groups (broad SMARTS) is 1. The van der Waals surface area contributed by atoms with E-state index in [1.165, 1.54) is 11.3 Å². The predicted octanol–water partition coefficient (Wildman–Crippen LogP) is 4.98. The van der Waals surface area contributed by atoms with Crippen LogP contribution >= 0.6 is 11.6 Å². The minimum atomic E-state index is -0.930. The summed E-state index contributed by atoms with van der Waals surface area (Å²) in [5, 5.41) is 10.4. The quantitative estimate of drug-likeness (QED) is 0.820. The molecular formula is C20H23ClN2O2. The lowest BCUT2D eigenvalue weighted by Gasteiger charge is -2.26. The number of anilines is 1. The number of halogens is 1. The van der Waals surface area contributed by atoms with Gasteiger partial charge in [0.1, 0.15) is 0 Å². The van der Waals surface area contributed by atoms with Gasteiger partial charge in [-0.05, 0) is 56.6 Å². The molecule has 0 bridgehead atoms. The first-order chi connectivity index (χ1) is 12.1. The summed E-state index contributed by atoms with van der Waals surface area (Å²) >= 11 is 6.18. The van der Waals surface area contributed by atoms with Crippen LogP contribution in [0.25, 0.3) is 11.1 Å². The van der Waals surface area contributed by atoms with Gasteiger partial charge in [0.25, 0.3) is 0 Å². The Morgan fingerprint density at radius 3 is 2.68 bits per heavy atom. The molecule has 2 aromatic rings. The third kappa shape index (κ3) is 4.14. The van der Waals surface area contributed by atoms with Gasteiger partial charge in [-0.2, -0.15) is 0 Å². The lowest BCUT2D eigenvalue weighted by molar-refractivity contribution is 0.200. The molecule has 1 unspecified atom stereocenters. The summed E-state index contributed by atoms with van der Waals surface area (Å²) in [5.41, 5.74) is 2.49. The second-order valence-electron chi connectivity index (χ2n) is 6.53. The highest BCUT2D eigenvalue weighted by atomic mass is 35.5. The van der Waals surface area contributed by atoms with Gasteiger partial charge in [-0.15, -0.1) is 0 Å². The molecule has 0 aliphatic carbocycles. The molecule has 1 aliphatic rings. The van der Waals surface area contributed by atoms with E-state index in [2.05, 4.69) is 11.9 Å². The fraction of sp³-hybridized carbons (Fsp3) is 0.350.